The number of nitrogens with one attached hydrogen (secondary N) is 1. The number of aliphatic hydroxyl groups is 1. The van der Waals surface area contributed by atoms with Crippen molar-refractivity contribution in [1.82, 2.24) is 5.32 Å². The van der Waals surface area contributed by atoms with E-state index in [9.17, 15) is 9.59 Å². The van der Waals surface area contributed by atoms with Crippen LogP contribution in [0.4, 0.5) is 0 Å². The predicted molar refractivity (Wildman–Crippen MR) is 108 cm³/mol. The third-order valence-corrected chi connectivity index (χ3v) is 4.48. The standard InChI is InChI=1S/C21H20ClNO5/c1-13(21(26)23-8-5-9-24)27-19-12-18-16(10-17(19)22)15(11-20(25)28-18)14-6-3-2-4-7-14/h2-4,6-7,10-13,24H,5,8-9H2,1H3,(H,23,26)/t13-/m1/s1. The number of carbonyl (C=O) groups is 1. The molecule has 0 aliphatic rings. The number of hydrogen-bond donors (Lipinski definition) is 2. The highest BCUT2D eigenvalue weighted by molar-refractivity contribution is 6.33. The minimum atomic E-state index is -0.808. The van der Waals surface area contributed by atoms with Crippen molar-refractivity contribution >= 4 is 28.5 Å². The van der Waals surface area contributed by atoms with Crippen molar-refractivity contribution in [3.8, 4) is 16.9 Å². The predicted octanol–water partition coefficient (Wildman–Crippen LogP) is 3.38. The molecule has 0 fully saturated rings. The van der Waals surface area contributed by atoms with E-state index >= 15 is 0 Å². The van der Waals surface area contributed by atoms with E-state index < -0.39 is 11.7 Å². The first-order valence-corrected chi connectivity index (χ1v) is 9.25. The van der Waals surface area contributed by atoms with E-state index in [0.29, 0.717) is 34.5 Å². The van der Waals surface area contributed by atoms with Gasteiger partial charge in [-0.1, -0.05) is 41.9 Å². The van der Waals surface area contributed by atoms with Gasteiger partial charge in [-0.15, -0.1) is 0 Å². The van der Waals surface area contributed by atoms with Crippen molar-refractivity contribution < 1.29 is 19.1 Å². The summed E-state index contributed by atoms with van der Waals surface area (Å²) in [5.74, 6) is -0.0866. The molecule has 1 aromatic heterocycles. The van der Waals surface area contributed by atoms with Crippen molar-refractivity contribution in [2.24, 2.45) is 0 Å². The molecule has 0 unspecified atom stereocenters. The topological polar surface area (TPSA) is 88.8 Å². The maximum atomic E-state index is 12.1. The van der Waals surface area contributed by atoms with Crippen LogP contribution in [0.5, 0.6) is 5.75 Å². The molecule has 1 amide bonds. The summed E-state index contributed by atoms with van der Waals surface area (Å²) >= 11 is 6.37. The second kappa shape index (κ2) is 8.91. The molecular weight excluding hydrogens is 382 g/mol. The number of carbonyl (C=O) groups excluding carboxylic acids is 1. The van der Waals surface area contributed by atoms with Crippen LogP contribution in [-0.2, 0) is 4.79 Å². The molecule has 28 heavy (non-hydrogen) atoms. The number of rotatable bonds is 7. The number of amides is 1. The summed E-state index contributed by atoms with van der Waals surface area (Å²) in [6.45, 7) is 1.93. The first kappa shape index (κ1) is 19.9. The lowest BCUT2D eigenvalue weighted by Gasteiger charge is -2.16. The zero-order valence-electron chi connectivity index (χ0n) is 15.3. The molecule has 146 valence electrons. The fraction of sp³-hybridized carbons (Fsp3) is 0.238. The Kier molecular flexibility index (Phi) is 6.34. The summed E-state index contributed by atoms with van der Waals surface area (Å²) in [5.41, 5.74) is 1.39. The monoisotopic (exact) mass is 401 g/mol. The number of benzene rings is 2. The largest absolute Gasteiger partial charge is 0.479 e. The Balaban J connectivity index is 1.93. The van der Waals surface area contributed by atoms with Crippen molar-refractivity contribution in [1.29, 1.82) is 0 Å². The van der Waals surface area contributed by atoms with Crippen LogP contribution in [0.15, 0.2) is 57.7 Å². The van der Waals surface area contributed by atoms with Crippen LogP contribution in [0.3, 0.4) is 0 Å². The fourth-order valence-corrected chi connectivity index (χ4v) is 3.00. The Morgan fingerprint density at radius 1 is 1.25 bits per heavy atom. The van der Waals surface area contributed by atoms with Gasteiger partial charge >= 0.3 is 5.63 Å². The molecule has 2 N–H and O–H groups in total. The molecule has 1 heterocycles. The van der Waals surface area contributed by atoms with Gasteiger partial charge in [-0.2, -0.15) is 0 Å². The third kappa shape index (κ3) is 4.52. The van der Waals surface area contributed by atoms with E-state index in [0.717, 1.165) is 5.56 Å². The van der Waals surface area contributed by atoms with Crippen molar-refractivity contribution in [3.63, 3.8) is 0 Å². The average molecular weight is 402 g/mol. The van der Waals surface area contributed by atoms with Crippen LogP contribution >= 0.6 is 11.6 Å². The summed E-state index contributed by atoms with van der Waals surface area (Å²) in [6, 6.07) is 14.0. The van der Waals surface area contributed by atoms with Gasteiger partial charge in [-0.05, 0) is 30.5 Å². The van der Waals surface area contributed by atoms with Gasteiger partial charge < -0.3 is 19.6 Å². The summed E-state index contributed by atoms with van der Waals surface area (Å²) in [7, 11) is 0. The Morgan fingerprint density at radius 3 is 2.71 bits per heavy atom. The fourth-order valence-electron chi connectivity index (χ4n) is 2.79. The molecule has 0 aliphatic carbocycles. The van der Waals surface area contributed by atoms with Gasteiger partial charge in [0.2, 0.25) is 0 Å². The minimum Gasteiger partial charge on any atom is -0.479 e. The van der Waals surface area contributed by atoms with E-state index in [1.165, 1.54) is 12.1 Å². The smallest absolute Gasteiger partial charge is 0.336 e. The highest BCUT2D eigenvalue weighted by Gasteiger charge is 2.18. The van der Waals surface area contributed by atoms with Gasteiger partial charge in [0.05, 0.1) is 5.02 Å². The van der Waals surface area contributed by atoms with Crippen LogP contribution in [0, 0.1) is 0 Å². The molecule has 0 saturated heterocycles. The molecule has 3 rings (SSSR count). The van der Waals surface area contributed by atoms with Crippen LogP contribution in [-0.4, -0.2) is 30.3 Å². The normalized spacial score (nSPS) is 12.0. The molecule has 1 atom stereocenters. The average Bonchev–Trinajstić information content (AvgIpc) is 2.69. The summed E-state index contributed by atoms with van der Waals surface area (Å²) in [5, 5.41) is 12.4. The molecule has 0 bridgehead atoms. The van der Waals surface area contributed by atoms with E-state index in [1.54, 1.807) is 13.0 Å². The van der Waals surface area contributed by atoms with Gasteiger partial charge in [0.25, 0.3) is 5.91 Å². The Bertz CT molecular complexity index is 1030. The summed E-state index contributed by atoms with van der Waals surface area (Å²) in [4.78, 5) is 24.1. The van der Waals surface area contributed by atoms with Crippen LogP contribution < -0.4 is 15.7 Å². The number of halogens is 1. The maximum Gasteiger partial charge on any atom is 0.336 e. The number of aliphatic hydroxyl groups excluding tert-OH is 1. The Morgan fingerprint density at radius 2 is 2.00 bits per heavy atom. The quantitative estimate of drug-likeness (QED) is 0.468. The second-order valence-corrected chi connectivity index (χ2v) is 6.66. The number of fused-ring (bicyclic) bond motifs is 1. The first-order valence-electron chi connectivity index (χ1n) is 8.87. The van der Waals surface area contributed by atoms with Crippen molar-refractivity contribution in [2.75, 3.05) is 13.2 Å². The van der Waals surface area contributed by atoms with Crippen molar-refractivity contribution in [2.45, 2.75) is 19.4 Å². The van der Waals surface area contributed by atoms with Gasteiger partial charge in [-0.3, -0.25) is 4.79 Å². The number of hydrogen-bond acceptors (Lipinski definition) is 5. The molecule has 0 aliphatic heterocycles. The van der Waals surface area contributed by atoms with Gasteiger partial charge in [0, 0.05) is 30.7 Å². The van der Waals surface area contributed by atoms with Crippen LogP contribution in [0.25, 0.3) is 22.1 Å². The summed E-state index contributed by atoms with van der Waals surface area (Å²) < 4.78 is 11.0. The zero-order chi connectivity index (χ0) is 20.1. The molecule has 0 radical (unpaired) electrons. The summed E-state index contributed by atoms with van der Waals surface area (Å²) in [6.07, 6.45) is -0.347. The highest BCUT2D eigenvalue weighted by Crippen LogP contribution is 2.35. The molecule has 3 aromatic rings. The second-order valence-electron chi connectivity index (χ2n) is 6.25. The molecule has 0 spiro atoms. The number of ether oxygens (including phenoxy) is 1. The first-order chi connectivity index (χ1) is 13.5. The maximum absolute atomic E-state index is 12.1. The lowest BCUT2D eigenvalue weighted by Crippen LogP contribution is -2.37. The van der Waals surface area contributed by atoms with Crippen LogP contribution in [0.2, 0.25) is 5.02 Å². The molecule has 2 aromatic carbocycles. The molecule has 7 heteroatoms. The SMILES string of the molecule is C[C@@H](Oc1cc2oc(=O)cc(-c3ccccc3)c2cc1Cl)C(=O)NCCCO. The molecular formula is C21H20ClNO5. The Labute approximate surface area is 166 Å². The zero-order valence-corrected chi connectivity index (χ0v) is 16.0. The van der Waals surface area contributed by atoms with Crippen LogP contribution in [0.1, 0.15) is 13.3 Å². The van der Waals surface area contributed by atoms with E-state index in [2.05, 4.69) is 5.32 Å². The Hall–Kier alpha value is -2.83. The van der Waals surface area contributed by atoms with E-state index in [4.69, 9.17) is 25.9 Å². The van der Waals surface area contributed by atoms with Gasteiger partial charge in [-0.25, -0.2) is 4.79 Å². The van der Waals surface area contributed by atoms with E-state index in [-0.39, 0.29) is 18.3 Å². The lowest BCUT2D eigenvalue weighted by atomic mass is 10.0. The molecule has 0 saturated carbocycles. The van der Waals surface area contributed by atoms with Gasteiger partial charge in [0.1, 0.15) is 11.3 Å². The minimum absolute atomic E-state index is 0.00516. The van der Waals surface area contributed by atoms with E-state index in [1.807, 2.05) is 30.3 Å². The molecule has 6 nitrogen and oxygen atoms in total. The third-order valence-electron chi connectivity index (χ3n) is 4.19. The lowest BCUT2D eigenvalue weighted by molar-refractivity contribution is -0.127. The van der Waals surface area contributed by atoms with Crippen molar-refractivity contribution in [3.05, 3.63) is 64.0 Å². The van der Waals surface area contributed by atoms with Gasteiger partial charge in [0.15, 0.2) is 6.10 Å². The highest BCUT2D eigenvalue weighted by atomic mass is 35.5.